The zero-order valence-electron chi connectivity index (χ0n) is 10.5. The number of hydrogen-bond donors (Lipinski definition) is 1. The van der Waals surface area contributed by atoms with E-state index in [9.17, 15) is 0 Å². The van der Waals surface area contributed by atoms with E-state index < -0.39 is 0 Å². The van der Waals surface area contributed by atoms with Gasteiger partial charge < -0.3 is 10.2 Å². The summed E-state index contributed by atoms with van der Waals surface area (Å²) < 4.78 is 1.72. The van der Waals surface area contributed by atoms with Gasteiger partial charge in [0.05, 0.1) is 5.69 Å². The molecule has 1 rings (SSSR count). The van der Waals surface area contributed by atoms with Crippen molar-refractivity contribution in [2.45, 2.75) is 19.9 Å². The van der Waals surface area contributed by atoms with Crippen LogP contribution in [0.1, 0.15) is 17.7 Å². The molecule has 0 spiro atoms. The summed E-state index contributed by atoms with van der Waals surface area (Å²) in [6, 6.07) is 0. The Bertz CT molecular complexity index is 333. The molecule has 0 saturated heterocycles. The minimum absolute atomic E-state index is 0.734. The molecule has 1 N–H and O–H groups in total. The fourth-order valence-corrected chi connectivity index (χ4v) is 1.85. The lowest BCUT2D eigenvalue weighted by atomic mass is 10.2. The number of hydrogen-bond acceptors (Lipinski definition) is 3. The van der Waals surface area contributed by atoms with Gasteiger partial charge in [0.15, 0.2) is 0 Å². The molecule has 0 aliphatic rings. The van der Waals surface area contributed by atoms with E-state index in [0.717, 1.165) is 42.5 Å². The average Bonchev–Trinajstić information content (AvgIpc) is 2.43. The fraction of sp³-hybridized carbons (Fsp3) is 0.727. The van der Waals surface area contributed by atoms with E-state index >= 15 is 0 Å². The summed E-state index contributed by atoms with van der Waals surface area (Å²) in [5.41, 5.74) is 2.11. The van der Waals surface area contributed by atoms with Gasteiger partial charge in [0.25, 0.3) is 0 Å². The van der Waals surface area contributed by atoms with E-state index in [2.05, 4.69) is 29.4 Å². The lowest BCUT2D eigenvalue weighted by Crippen LogP contribution is -2.21. The zero-order chi connectivity index (χ0) is 12.1. The van der Waals surface area contributed by atoms with Crippen LogP contribution in [0.3, 0.4) is 0 Å². The Morgan fingerprint density at radius 1 is 1.44 bits per heavy atom. The van der Waals surface area contributed by atoms with Gasteiger partial charge in [-0.15, -0.1) is 0 Å². The predicted octanol–water partition coefficient (Wildman–Crippen LogP) is 1.42. The first-order valence-corrected chi connectivity index (χ1v) is 5.93. The summed E-state index contributed by atoms with van der Waals surface area (Å²) in [7, 11) is 6.04. The monoisotopic (exact) mass is 244 g/mol. The van der Waals surface area contributed by atoms with Crippen LogP contribution in [0.5, 0.6) is 0 Å². The maximum atomic E-state index is 6.13. The topological polar surface area (TPSA) is 33.1 Å². The Hall–Kier alpha value is -0.580. The van der Waals surface area contributed by atoms with Gasteiger partial charge in [-0.3, -0.25) is 4.68 Å². The van der Waals surface area contributed by atoms with Crippen molar-refractivity contribution in [2.24, 2.45) is 7.05 Å². The van der Waals surface area contributed by atoms with Crippen LogP contribution in [0.25, 0.3) is 0 Å². The van der Waals surface area contributed by atoms with Gasteiger partial charge in [-0.2, -0.15) is 5.10 Å². The first kappa shape index (κ1) is 13.5. The lowest BCUT2D eigenvalue weighted by molar-refractivity contribution is 0.394. The Morgan fingerprint density at radius 2 is 2.12 bits per heavy atom. The van der Waals surface area contributed by atoms with Gasteiger partial charge in [-0.25, -0.2) is 0 Å². The van der Waals surface area contributed by atoms with Crippen molar-refractivity contribution in [3.63, 3.8) is 0 Å². The van der Waals surface area contributed by atoms with E-state index in [1.165, 1.54) is 0 Å². The van der Waals surface area contributed by atoms with E-state index in [0.29, 0.717) is 0 Å². The Labute approximate surface area is 103 Å². The Kier molecular flexibility index (Phi) is 5.25. The molecule has 0 unspecified atom stereocenters. The lowest BCUT2D eigenvalue weighted by Gasteiger charge is -2.09. The number of nitrogens with one attached hydrogen (secondary N) is 1. The third-order valence-electron chi connectivity index (χ3n) is 2.53. The molecular formula is C11H21ClN4. The smallest absolute Gasteiger partial charge is 0.131 e. The summed E-state index contributed by atoms with van der Waals surface area (Å²) in [5, 5.41) is 8.40. The van der Waals surface area contributed by atoms with Crippen LogP contribution in [0.15, 0.2) is 0 Å². The van der Waals surface area contributed by atoms with Gasteiger partial charge >= 0.3 is 0 Å². The molecular weight excluding hydrogens is 224 g/mol. The molecule has 4 nitrogen and oxygen atoms in total. The van der Waals surface area contributed by atoms with Crippen LogP contribution in [-0.4, -0.2) is 41.9 Å². The van der Waals surface area contributed by atoms with E-state index in [1.54, 1.807) is 4.68 Å². The molecule has 0 fully saturated rings. The van der Waals surface area contributed by atoms with Gasteiger partial charge in [0.1, 0.15) is 5.15 Å². The van der Waals surface area contributed by atoms with Gasteiger partial charge in [0, 0.05) is 19.2 Å². The highest BCUT2D eigenvalue weighted by Gasteiger charge is 2.09. The first-order chi connectivity index (χ1) is 7.52. The summed E-state index contributed by atoms with van der Waals surface area (Å²) in [6.45, 7) is 4.89. The Morgan fingerprint density at radius 3 is 2.62 bits per heavy atom. The minimum Gasteiger partial charge on any atom is -0.312 e. The molecule has 16 heavy (non-hydrogen) atoms. The molecule has 0 aliphatic heterocycles. The summed E-state index contributed by atoms with van der Waals surface area (Å²) >= 11 is 6.13. The molecule has 1 aromatic heterocycles. The molecule has 0 aromatic carbocycles. The molecule has 1 heterocycles. The summed E-state index contributed by atoms with van der Waals surface area (Å²) in [4.78, 5) is 2.18. The third-order valence-corrected chi connectivity index (χ3v) is 3.00. The number of rotatable bonds is 6. The van der Waals surface area contributed by atoms with Crippen LogP contribution < -0.4 is 5.32 Å². The van der Waals surface area contributed by atoms with Crippen LogP contribution in [-0.2, 0) is 13.6 Å². The average molecular weight is 245 g/mol. The van der Waals surface area contributed by atoms with Gasteiger partial charge in [-0.05, 0) is 40.5 Å². The van der Waals surface area contributed by atoms with E-state index in [1.807, 2.05) is 14.0 Å². The molecule has 0 bridgehead atoms. The van der Waals surface area contributed by atoms with Crippen molar-refractivity contribution in [1.82, 2.24) is 20.0 Å². The van der Waals surface area contributed by atoms with Crippen LogP contribution >= 0.6 is 11.6 Å². The number of halogens is 1. The number of aromatic nitrogens is 2. The van der Waals surface area contributed by atoms with Crippen molar-refractivity contribution in [1.29, 1.82) is 0 Å². The molecule has 92 valence electrons. The molecule has 5 heteroatoms. The highest BCUT2D eigenvalue weighted by Crippen LogP contribution is 2.17. The van der Waals surface area contributed by atoms with Crippen molar-refractivity contribution >= 4 is 11.6 Å². The minimum atomic E-state index is 0.734. The van der Waals surface area contributed by atoms with E-state index in [4.69, 9.17) is 11.6 Å². The first-order valence-electron chi connectivity index (χ1n) is 5.55. The molecule has 0 radical (unpaired) electrons. The maximum Gasteiger partial charge on any atom is 0.131 e. The molecule has 1 aromatic rings. The van der Waals surface area contributed by atoms with Gasteiger partial charge in [-0.1, -0.05) is 11.6 Å². The molecule has 0 amide bonds. The zero-order valence-corrected chi connectivity index (χ0v) is 11.3. The second-order valence-electron chi connectivity index (χ2n) is 4.31. The standard InChI is InChI=1S/C11H21ClN4/c1-9-10(11(12)16(4)14-9)8-13-6-5-7-15(2)3/h13H,5-8H2,1-4H3. The Balaban J connectivity index is 2.32. The van der Waals surface area contributed by atoms with Gasteiger partial charge in [0.2, 0.25) is 0 Å². The van der Waals surface area contributed by atoms with Crippen molar-refractivity contribution < 1.29 is 0 Å². The van der Waals surface area contributed by atoms with Crippen LogP contribution in [0.4, 0.5) is 0 Å². The molecule has 0 saturated carbocycles. The highest BCUT2D eigenvalue weighted by atomic mass is 35.5. The second kappa shape index (κ2) is 6.23. The van der Waals surface area contributed by atoms with Crippen molar-refractivity contribution in [3.8, 4) is 0 Å². The molecule has 0 aliphatic carbocycles. The van der Waals surface area contributed by atoms with Crippen LogP contribution in [0, 0.1) is 6.92 Å². The van der Waals surface area contributed by atoms with Crippen molar-refractivity contribution in [3.05, 3.63) is 16.4 Å². The quantitative estimate of drug-likeness (QED) is 0.769. The highest BCUT2D eigenvalue weighted by molar-refractivity contribution is 6.30. The van der Waals surface area contributed by atoms with Crippen molar-refractivity contribution in [2.75, 3.05) is 27.2 Å². The fourth-order valence-electron chi connectivity index (χ4n) is 1.61. The third kappa shape index (κ3) is 3.77. The summed E-state index contributed by atoms with van der Waals surface area (Å²) in [5.74, 6) is 0. The van der Waals surface area contributed by atoms with E-state index in [-0.39, 0.29) is 0 Å². The predicted molar refractivity (Wildman–Crippen MR) is 67.8 cm³/mol. The normalized spacial score (nSPS) is 11.4. The SMILES string of the molecule is Cc1nn(C)c(Cl)c1CNCCCN(C)C. The largest absolute Gasteiger partial charge is 0.312 e. The number of aryl methyl sites for hydroxylation is 2. The molecule has 0 atom stereocenters. The number of nitrogens with zero attached hydrogens (tertiary/aromatic N) is 3. The van der Waals surface area contributed by atoms with Crippen LogP contribution in [0.2, 0.25) is 5.15 Å². The summed E-state index contributed by atoms with van der Waals surface area (Å²) in [6.07, 6.45) is 1.14. The maximum absolute atomic E-state index is 6.13. The second-order valence-corrected chi connectivity index (χ2v) is 4.67.